The van der Waals surface area contributed by atoms with Gasteiger partial charge in [-0.3, -0.25) is 9.59 Å². The molecule has 0 bridgehead atoms. The minimum absolute atomic E-state index is 0.00774. The lowest BCUT2D eigenvalue weighted by molar-refractivity contribution is -0.135. The average molecular weight is 392 g/mol. The van der Waals surface area contributed by atoms with Gasteiger partial charge in [0.05, 0.1) is 12.5 Å². The second kappa shape index (κ2) is 7.90. The fourth-order valence-corrected chi connectivity index (χ4v) is 4.62. The molecule has 0 saturated carbocycles. The Hall–Kier alpha value is -2.82. The van der Waals surface area contributed by atoms with E-state index in [2.05, 4.69) is 6.92 Å². The van der Waals surface area contributed by atoms with Crippen molar-refractivity contribution in [3.05, 3.63) is 54.1 Å². The molecule has 0 N–H and O–H groups in total. The Balaban J connectivity index is 1.52. The van der Waals surface area contributed by atoms with E-state index in [0.717, 1.165) is 49.2 Å². The molecular weight excluding hydrogens is 364 g/mol. The van der Waals surface area contributed by atoms with Crippen molar-refractivity contribution >= 4 is 11.8 Å². The topological polar surface area (TPSA) is 49.9 Å². The second-order valence-corrected chi connectivity index (χ2v) is 8.11. The molecule has 0 aliphatic carbocycles. The zero-order valence-corrected chi connectivity index (χ0v) is 17.2. The van der Waals surface area contributed by atoms with Crippen LogP contribution < -0.4 is 4.74 Å². The molecule has 2 heterocycles. The van der Waals surface area contributed by atoms with Crippen LogP contribution in [0.15, 0.2) is 48.5 Å². The molecular formula is C24H28N2O3. The highest BCUT2D eigenvalue weighted by molar-refractivity contribution is 5.97. The third kappa shape index (κ3) is 3.61. The molecule has 5 nitrogen and oxygen atoms in total. The third-order valence-corrected chi connectivity index (χ3v) is 6.25. The molecule has 2 amide bonds. The number of likely N-dealkylation sites (tertiary alicyclic amines) is 2. The van der Waals surface area contributed by atoms with Crippen molar-refractivity contribution in [3.8, 4) is 16.9 Å². The minimum atomic E-state index is -0.366. The number of methoxy groups -OCH3 is 1. The van der Waals surface area contributed by atoms with Gasteiger partial charge in [-0.25, -0.2) is 0 Å². The van der Waals surface area contributed by atoms with Gasteiger partial charge >= 0.3 is 0 Å². The highest BCUT2D eigenvalue weighted by atomic mass is 16.5. The van der Waals surface area contributed by atoms with E-state index in [1.54, 1.807) is 7.11 Å². The number of carbonyl (C=O) groups excluding carboxylic acids is 2. The lowest BCUT2D eigenvalue weighted by atomic mass is 9.85. The number of carbonyl (C=O) groups is 2. The van der Waals surface area contributed by atoms with Crippen molar-refractivity contribution in [1.29, 1.82) is 0 Å². The number of benzene rings is 2. The molecule has 2 aromatic carbocycles. The van der Waals surface area contributed by atoms with Crippen molar-refractivity contribution in [2.24, 2.45) is 5.41 Å². The molecule has 1 unspecified atom stereocenters. The highest BCUT2D eigenvalue weighted by Crippen LogP contribution is 2.41. The summed E-state index contributed by atoms with van der Waals surface area (Å²) in [6, 6.07) is 15.5. The lowest BCUT2D eigenvalue weighted by Crippen LogP contribution is -2.38. The molecule has 5 heteroatoms. The van der Waals surface area contributed by atoms with Crippen molar-refractivity contribution in [2.75, 3.05) is 33.3 Å². The Kier molecular flexibility index (Phi) is 5.31. The number of nitrogens with zero attached hydrogens (tertiary/aromatic N) is 2. The van der Waals surface area contributed by atoms with Crippen molar-refractivity contribution in [2.45, 2.75) is 26.2 Å². The van der Waals surface area contributed by atoms with E-state index in [1.807, 2.05) is 58.3 Å². The van der Waals surface area contributed by atoms with Crippen LogP contribution in [0.1, 0.15) is 36.5 Å². The quantitative estimate of drug-likeness (QED) is 0.777. The summed E-state index contributed by atoms with van der Waals surface area (Å²) in [6.07, 6.45) is 2.61. The van der Waals surface area contributed by atoms with Crippen LogP contribution in [0.5, 0.6) is 5.75 Å². The first-order valence-electron chi connectivity index (χ1n) is 10.4. The molecule has 152 valence electrons. The van der Waals surface area contributed by atoms with Crippen LogP contribution in [0, 0.1) is 5.41 Å². The van der Waals surface area contributed by atoms with Crippen LogP contribution in [-0.4, -0.2) is 54.9 Å². The van der Waals surface area contributed by atoms with Crippen molar-refractivity contribution in [1.82, 2.24) is 9.80 Å². The van der Waals surface area contributed by atoms with Gasteiger partial charge in [-0.05, 0) is 54.7 Å². The maximum atomic E-state index is 13.2. The Bertz CT molecular complexity index is 926. The van der Waals surface area contributed by atoms with Crippen LogP contribution in [0.4, 0.5) is 0 Å². The first kappa shape index (κ1) is 19.5. The predicted molar refractivity (Wildman–Crippen MR) is 113 cm³/mol. The number of amides is 2. The van der Waals surface area contributed by atoms with Gasteiger partial charge in [-0.15, -0.1) is 0 Å². The Morgan fingerprint density at radius 3 is 2.55 bits per heavy atom. The molecule has 29 heavy (non-hydrogen) atoms. The van der Waals surface area contributed by atoms with Crippen LogP contribution in [0.2, 0.25) is 0 Å². The Morgan fingerprint density at radius 1 is 1.07 bits per heavy atom. The van der Waals surface area contributed by atoms with Crippen molar-refractivity contribution in [3.63, 3.8) is 0 Å². The van der Waals surface area contributed by atoms with E-state index in [4.69, 9.17) is 4.74 Å². The van der Waals surface area contributed by atoms with E-state index in [9.17, 15) is 9.59 Å². The summed E-state index contributed by atoms with van der Waals surface area (Å²) in [5, 5.41) is 0. The fraction of sp³-hybridized carbons (Fsp3) is 0.417. The van der Waals surface area contributed by atoms with E-state index in [1.165, 1.54) is 0 Å². The summed E-state index contributed by atoms with van der Waals surface area (Å²) in [4.78, 5) is 29.9. The first-order valence-corrected chi connectivity index (χ1v) is 10.4. The highest BCUT2D eigenvalue weighted by Gasteiger charge is 2.51. The predicted octanol–water partition coefficient (Wildman–Crippen LogP) is 3.84. The zero-order chi connectivity index (χ0) is 20.4. The van der Waals surface area contributed by atoms with Gasteiger partial charge in [-0.2, -0.15) is 0 Å². The van der Waals surface area contributed by atoms with Gasteiger partial charge in [0, 0.05) is 31.7 Å². The van der Waals surface area contributed by atoms with Crippen molar-refractivity contribution < 1.29 is 14.3 Å². The van der Waals surface area contributed by atoms with Crippen LogP contribution >= 0.6 is 0 Å². The minimum Gasteiger partial charge on any atom is -0.497 e. The molecule has 1 atom stereocenters. The Labute approximate surface area is 172 Å². The number of hydrogen-bond donors (Lipinski definition) is 0. The number of hydrogen-bond acceptors (Lipinski definition) is 3. The van der Waals surface area contributed by atoms with Crippen LogP contribution in [0.3, 0.4) is 0 Å². The summed E-state index contributed by atoms with van der Waals surface area (Å²) >= 11 is 0. The van der Waals surface area contributed by atoms with Gasteiger partial charge in [-0.1, -0.05) is 31.2 Å². The van der Waals surface area contributed by atoms with E-state index in [0.29, 0.717) is 18.7 Å². The zero-order valence-electron chi connectivity index (χ0n) is 17.2. The van der Waals surface area contributed by atoms with E-state index >= 15 is 0 Å². The smallest absolute Gasteiger partial charge is 0.253 e. The first-order chi connectivity index (χ1) is 14.1. The molecule has 2 saturated heterocycles. The molecule has 2 fully saturated rings. The van der Waals surface area contributed by atoms with Crippen LogP contribution in [0.25, 0.3) is 11.1 Å². The third-order valence-electron chi connectivity index (χ3n) is 6.25. The fourth-order valence-electron chi connectivity index (χ4n) is 4.62. The maximum Gasteiger partial charge on any atom is 0.253 e. The monoisotopic (exact) mass is 392 g/mol. The Morgan fingerprint density at radius 2 is 1.79 bits per heavy atom. The summed E-state index contributed by atoms with van der Waals surface area (Å²) in [7, 11) is 1.65. The van der Waals surface area contributed by atoms with Gasteiger partial charge in [0.15, 0.2) is 0 Å². The molecule has 0 radical (unpaired) electrons. The maximum absolute atomic E-state index is 13.2. The largest absolute Gasteiger partial charge is 0.497 e. The van der Waals surface area contributed by atoms with Gasteiger partial charge in [0.25, 0.3) is 5.91 Å². The standard InChI is InChI=1S/C24H28N2O3/c1-3-12-25-13-10-24(23(25)28)11-14-26(17-24)22(27)20-8-4-6-18(15-20)19-7-5-9-21(16-19)29-2/h4-9,15-16H,3,10-14,17H2,1-2H3. The van der Waals surface area contributed by atoms with Crippen LogP contribution in [-0.2, 0) is 4.79 Å². The summed E-state index contributed by atoms with van der Waals surface area (Å²) in [5.74, 6) is 1.03. The molecule has 2 aliphatic rings. The number of rotatable bonds is 5. The summed E-state index contributed by atoms with van der Waals surface area (Å²) < 4.78 is 5.31. The molecule has 0 aromatic heterocycles. The summed E-state index contributed by atoms with van der Waals surface area (Å²) in [6.45, 7) is 4.91. The van der Waals surface area contributed by atoms with Gasteiger partial charge in [0.1, 0.15) is 5.75 Å². The molecule has 1 spiro atoms. The normalized spacial score (nSPS) is 21.2. The number of ether oxygens (including phenoxy) is 1. The van der Waals surface area contributed by atoms with E-state index < -0.39 is 0 Å². The van der Waals surface area contributed by atoms with Gasteiger partial charge in [0.2, 0.25) is 5.91 Å². The summed E-state index contributed by atoms with van der Waals surface area (Å²) in [5.41, 5.74) is 2.29. The second-order valence-electron chi connectivity index (χ2n) is 8.11. The molecule has 2 aliphatic heterocycles. The SMILES string of the molecule is CCCN1CCC2(CCN(C(=O)c3cccc(-c4cccc(OC)c4)c3)C2)C1=O. The lowest BCUT2D eigenvalue weighted by Gasteiger charge is -2.23. The van der Waals surface area contributed by atoms with E-state index in [-0.39, 0.29) is 17.2 Å². The van der Waals surface area contributed by atoms with Gasteiger partial charge < -0.3 is 14.5 Å². The molecule has 2 aromatic rings. The molecule has 4 rings (SSSR count). The average Bonchev–Trinajstić information content (AvgIpc) is 3.33.